The number of hydrogen-bond donors (Lipinski definition) is 1. The number of nitrogens with zero attached hydrogens (tertiary/aromatic N) is 4. The maximum absolute atomic E-state index is 12.6. The largest absolute Gasteiger partial charge is 0.457 e. The second-order valence-corrected chi connectivity index (χ2v) is 11.1. The molecule has 2 aromatic carbocycles. The molecule has 0 bridgehead atoms. The third-order valence-electron chi connectivity index (χ3n) is 7.73. The monoisotopic (exact) mass is 525 g/mol. The first-order valence-electron chi connectivity index (χ1n) is 14.0. The third kappa shape index (κ3) is 6.84. The molecule has 4 aromatic rings. The van der Waals surface area contributed by atoms with Gasteiger partial charge in [0.2, 0.25) is 5.95 Å². The molecule has 0 spiro atoms. The number of anilines is 2. The summed E-state index contributed by atoms with van der Waals surface area (Å²) in [6.07, 6.45) is 6.03. The minimum Gasteiger partial charge on any atom is -0.457 e. The van der Waals surface area contributed by atoms with Crippen LogP contribution in [0.15, 0.2) is 60.8 Å². The molecule has 5 rings (SSSR count). The molecule has 204 valence electrons. The lowest BCUT2D eigenvalue weighted by atomic mass is 9.91. The Balaban J connectivity index is 1.22. The summed E-state index contributed by atoms with van der Waals surface area (Å²) in [5, 5.41) is 3.45. The Morgan fingerprint density at radius 2 is 1.85 bits per heavy atom. The number of ether oxygens (including phenoxy) is 1. The van der Waals surface area contributed by atoms with E-state index in [1.165, 1.54) is 18.4 Å². The standard InChI is InChI=1S/C32H39N5O2/c1-22(2)24-6-5-7-25(18-24)34-32-35-30-21-28(10-11-31(30)37(32)4)39-29-12-15-33-26(20-29)19-27(38)9-8-23-13-16-36(3)17-14-23/h5-7,10-12,15,18,20-23H,8-9,13-14,16-17,19H2,1-4H3,(H,34,35). The van der Waals surface area contributed by atoms with Gasteiger partial charge in [-0.15, -0.1) is 0 Å². The summed E-state index contributed by atoms with van der Waals surface area (Å²) in [5.41, 5.74) is 4.90. The number of piperidine rings is 1. The number of imidazole rings is 1. The summed E-state index contributed by atoms with van der Waals surface area (Å²) in [6.45, 7) is 6.65. The molecule has 7 nitrogen and oxygen atoms in total. The summed E-state index contributed by atoms with van der Waals surface area (Å²) < 4.78 is 8.20. The number of fused-ring (bicyclic) bond motifs is 1. The number of rotatable bonds is 10. The molecule has 1 saturated heterocycles. The lowest BCUT2D eigenvalue weighted by molar-refractivity contribution is -0.118. The quantitative estimate of drug-likeness (QED) is 0.244. The molecule has 1 aliphatic rings. The number of Topliss-reactive ketones (excluding diaryl/α,β-unsaturated/α-hetero) is 1. The van der Waals surface area contributed by atoms with Crippen molar-refractivity contribution in [2.45, 2.75) is 51.9 Å². The summed E-state index contributed by atoms with van der Waals surface area (Å²) in [4.78, 5) is 24.2. The molecular weight excluding hydrogens is 486 g/mol. The van der Waals surface area contributed by atoms with Crippen LogP contribution < -0.4 is 10.1 Å². The predicted molar refractivity (Wildman–Crippen MR) is 157 cm³/mol. The number of benzene rings is 2. The van der Waals surface area contributed by atoms with Crippen LogP contribution >= 0.6 is 0 Å². The minimum absolute atomic E-state index is 0.243. The van der Waals surface area contributed by atoms with E-state index in [1.54, 1.807) is 6.20 Å². The van der Waals surface area contributed by atoms with E-state index in [0.29, 0.717) is 36.2 Å². The van der Waals surface area contributed by atoms with Gasteiger partial charge in [-0.3, -0.25) is 9.78 Å². The third-order valence-corrected chi connectivity index (χ3v) is 7.73. The highest BCUT2D eigenvalue weighted by Gasteiger charge is 2.18. The van der Waals surface area contributed by atoms with Crippen LogP contribution in [-0.2, 0) is 18.3 Å². The Kier molecular flexibility index (Phi) is 8.27. The SMILES string of the molecule is CC(C)c1cccc(Nc2nc3cc(Oc4ccnc(CC(=O)CCC5CCN(C)CC5)c4)ccc3n2C)c1. The van der Waals surface area contributed by atoms with Crippen molar-refractivity contribution in [1.29, 1.82) is 0 Å². The number of aromatic nitrogens is 3. The number of nitrogens with one attached hydrogen (secondary N) is 1. The van der Waals surface area contributed by atoms with Gasteiger partial charge >= 0.3 is 0 Å². The lowest BCUT2D eigenvalue weighted by Crippen LogP contribution is -2.30. The number of pyridine rings is 1. The summed E-state index contributed by atoms with van der Waals surface area (Å²) in [5.74, 6) is 3.50. The molecule has 0 saturated carbocycles. The van der Waals surface area contributed by atoms with Crippen LogP contribution in [0.5, 0.6) is 11.5 Å². The van der Waals surface area contributed by atoms with Crippen molar-refractivity contribution in [3.63, 3.8) is 0 Å². The zero-order valence-electron chi connectivity index (χ0n) is 23.5. The zero-order chi connectivity index (χ0) is 27.4. The Morgan fingerprint density at radius 3 is 2.64 bits per heavy atom. The van der Waals surface area contributed by atoms with Crippen molar-refractivity contribution in [2.24, 2.45) is 13.0 Å². The molecule has 0 radical (unpaired) electrons. The summed E-state index contributed by atoms with van der Waals surface area (Å²) in [7, 11) is 4.17. The fraction of sp³-hybridized carbons (Fsp3) is 0.406. The number of likely N-dealkylation sites (tertiary alicyclic amines) is 1. The number of carbonyl (C=O) groups excluding carboxylic acids is 1. The molecule has 0 aliphatic carbocycles. The smallest absolute Gasteiger partial charge is 0.208 e. The molecule has 0 amide bonds. The summed E-state index contributed by atoms with van der Waals surface area (Å²) in [6, 6.07) is 18.0. The molecule has 2 aromatic heterocycles. The van der Waals surface area contributed by atoms with Gasteiger partial charge in [-0.1, -0.05) is 26.0 Å². The molecule has 0 atom stereocenters. The van der Waals surface area contributed by atoms with Crippen LogP contribution in [0.1, 0.15) is 56.7 Å². The Bertz CT molecular complexity index is 1440. The van der Waals surface area contributed by atoms with Gasteiger partial charge in [0.1, 0.15) is 17.3 Å². The Morgan fingerprint density at radius 1 is 1.05 bits per heavy atom. The van der Waals surface area contributed by atoms with Gasteiger partial charge in [-0.25, -0.2) is 4.98 Å². The first-order valence-corrected chi connectivity index (χ1v) is 14.0. The van der Waals surface area contributed by atoms with Gasteiger partial charge in [-0.2, -0.15) is 0 Å². The van der Waals surface area contributed by atoms with Gasteiger partial charge in [0.15, 0.2) is 0 Å². The number of carbonyl (C=O) groups is 1. The van der Waals surface area contributed by atoms with Gasteiger partial charge in [0.05, 0.1) is 16.7 Å². The number of ketones is 1. The van der Waals surface area contributed by atoms with Crippen LogP contribution in [0.2, 0.25) is 0 Å². The van der Waals surface area contributed by atoms with Crippen molar-refractivity contribution in [1.82, 2.24) is 19.4 Å². The molecular formula is C32H39N5O2. The second kappa shape index (κ2) is 12.0. The predicted octanol–water partition coefficient (Wildman–Crippen LogP) is 6.86. The van der Waals surface area contributed by atoms with Gasteiger partial charge in [-0.05, 0) is 87.1 Å². The van der Waals surface area contributed by atoms with Crippen molar-refractivity contribution < 1.29 is 9.53 Å². The lowest BCUT2D eigenvalue weighted by Gasteiger charge is -2.28. The van der Waals surface area contributed by atoms with Crippen molar-refractivity contribution in [3.8, 4) is 11.5 Å². The van der Waals surface area contributed by atoms with E-state index >= 15 is 0 Å². The van der Waals surface area contributed by atoms with Crippen LogP contribution in [0.25, 0.3) is 11.0 Å². The van der Waals surface area contributed by atoms with E-state index in [9.17, 15) is 4.79 Å². The first-order chi connectivity index (χ1) is 18.8. The highest BCUT2D eigenvalue weighted by atomic mass is 16.5. The van der Waals surface area contributed by atoms with Gasteiger partial charge in [0, 0.05) is 43.9 Å². The Hall–Kier alpha value is -3.71. The fourth-order valence-corrected chi connectivity index (χ4v) is 5.22. The van der Waals surface area contributed by atoms with Crippen LogP contribution in [-0.4, -0.2) is 45.4 Å². The molecule has 1 fully saturated rings. The van der Waals surface area contributed by atoms with Crippen molar-refractivity contribution in [3.05, 3.63) is 72.1 Å². The van der Waals surface area contributed by atoms with Crippen LogP contribution in [0.4, 0.5) is 11.6 Å². The van der Waals surface area contributed by atoms with Gasteiger partial charge < -0.3 is 19.5 Å². The normalized spacial score (nSPS) is 14.7. The van der Waals surface area contributed by atoms with Crippen LogP contribution in [0, 0.1) is 5.92 Å². The number of aryl methyl sites for hydroxylation is 1. The average Bonchev–Trinajstić information content (AvgIpc) is 3.22. The van der Waals surface area contributed by atoms with E-state index in [4.69, 9.17) is 9.72 Å². The number of hydrogen-bond acceptors (Lipinski definition) is 6. The Labute approximate surface area is 231 Å². The topological polar surface area (TPSA) is 72.3 Å². The van der Waals surface area contributed by atoms with Crippen molar-refractivity contribution >= 4 is 28.5 Å². The minimum atomic E-state index is 0.243. The molecule has 7 heteroatoms. The second-order valence-electron chi connectivity index (χ2n) is 11.1. The van der Waals surface area contributed by atoms with E-state index < -0.39 is 0 Å². The maximum Gasteiger partial charge on any atom is 0.208 e. The van der Waals surface area contributed by atoms with Gasteiger partial charge in [0.25, 0.3) is 0 Å². The summed E-state index contributed by atoms with van der Waals surface area (Å²) >= 11 is 0. The molecule has 1 aliphatic heterocycles. The maximum atomic E-state index is 12.6. The van der Waals surface area contributed by atoms with E-state index in [1.807, 2.05) is 41.9 Å². The molecule has 0 unspecified atom stereocenters. The first kappa shape index (κ1) is 26.9. The van der Waals surface area contributed by atoms with Crippen molar-refractivity contribution in [2.75, 3.05) is 25.5 Å². The molecule has 39 heavy (non-hydrogen) atoms. The van der Waals surface area contributed by atoms with E-state index in [2.05, 4.69) is 60.4 Å². The highest BCUT2D eigenvalue weighted by molar-refractivity contribution is 5.81. The van der Waals surface area contributed by atoms with Crippen LogP contribution in [0.3, 0.4) is 0 Å². The highest BCUT2D eigenvalue weighted by Crippen LogP contribution is 2.29. The fourth-order valence-electron chi connectivity index (χ4n) is 5.22. The van der Waals surface area contributed by atoms with E-state index in [-0.39, 0.29) is 5.78 Å². The van der Waals surface area contributed by atoms with E-state index in [0.717, 1.165) is 47.9 Å². The average molecular weight is 526 g/mol. The molecule has 1 N–H and O–H groups in total. The molecule has 3 heterocycles. The zero-order valence-corrected chi connectivity index (χ0v) is 23.5.